The van der Waals surface area contributed by atoms with E-state index in [0.717, 1.165) is 32.4 Å². The molecule has 1 N–H and O–H groups in total. The SMILES string of the molecule is CCN(CC)c1ccc(/C=N\NC(=O)c2cc3cc(Br)cc(I)c3o2)o1. The van der Waals surface area contributed by atoms with Crippen LogP contribution in [0, 0.1) is 3.57 Å². The van der Waals surface area contributed by atoms with E-state index in [0.29, 0.717) is 11.3 Å². The Kier molecular flexibility index (Phi) is 6.02. The first-order valence-electron chi connectivity index (χ1n) is 8.08. The predicted octanol–water partition coefficient (Wildman–Crippen LogP) is 5.00. The van der Waals surface area contributed by atoms with Crippen molar-refractivity contribution in [1.29, 1.82) is 0 Å². The Bertz CT molecular complexity index is 960. The Balaban J connectivity index is 1.69. The topological polar surface area (TPSA) is 71.0 Å². The van der Waals surface area contributed by atoms with E-state index in [2.05, 4.69) is 67.8 Å². The lowest BCUT2D eigenvalue weighted by molar-refractivity contribution is 0.0929. The van der Waals surface area contributed by atoms with Crippen LogP contribution in [0.1, 0.15) is 30.2 Å². The Hall–Kier alpha value is -1.81. The first kappa shape index (κ1) is 19.0. The fourth-order valence-corrected chi connectivity index (χ4v) is 4.17. The standard InChI is InChI=1S/C18H17BrIN3O3/c1-3-23(4-2)16-6-5-13(25-16)10-21-22-18(24)15-8-11-7-12(19)9-14(20)17(11)26-15/h5-10H,3-4H2,1-2H3,(H,22,24)/b21-10-. The predicted molar refractivity (Wildman–Crippen MR) is 114 cm³/mol. The number of rotatable bonds is 6. The van der Waals surface area contributed by atoms with Gasteiger partial charge in [-0.15, -0.1) is 0 Å². The van der Waals surface area contributed by atoms with Gasteiger partial charge >= 0.3 is 5.91 Å². The van der Waals surface area contributed by atoms with Gasteiger partial charge in [0.1, 0.15) is 11.3 Å². The molecule has 26 heavy (non-hydrogen) atoms. The van der Waals surface area contributed by atoms with Gasteiger partial charge in [0, 0.05) is 29.0 Å². The van der Waals surface area contributed by atoms with Crippen LogP contribution >= 0.6 is 38.5 Å². The molecule has 8 heteroatoms. The summed E-state index contributed by atoms with van der Waals surface area (Å²) in [6.07, 6.45) is 1.47. The van der Waals surface area contributed by atoms with Crippen LogP contribution in [0.3, 0.4) is 0 Å². The number of carbonyl (C=O) groups excluding carboxylic acids is 1. The number of nitrogens with zero attached hydrogens (tertiary/aromatic N) is 2. The van der Waals surface area contributed by atoms with Gasteiger partial charge in [-0.3, -0.25) is 4.79 Å². The smallest absolute Gasteiger partial charge is 0.307 e. The fraction of sp³-hybridized carbons (Fsp3) is 0.222. The molecule has 2 heterocycles. The van der Waals surface area contributed by atoms with Gasteiger partial charge in [-0.25, -0.2) is 5.43 Å². The molecule has 2 aromatic heterocycles. The summed E-state index contributed by atoms with van der Waals surface area (Å²) in [4.78, 5) is 14.3. The lowest BCUT2D eigenvalue weighted by Gasteiger charge is -2.16. The van der Waals surface area contributed by atoms with Crippen LogP contribution in [-0.4, -0.2) is 25.2 Å². The van der Waals surface area contributed by atoms with E-state index in [-0.39, 0.29) is 5.76 Å². The van der Waals surface area contributed by atoms with E-state index in [1.165, 1.54) is 6.21 Å². The second-order valence-electron chi connectivity index (χ2n) is 5.46. The zero-order valence-electron chi connectivity index (χ0n) is 14.3. The molecule has 1 amide bonds. The van der Waals surface area contributed by atoms with E-state index in [1.807, 2.05) is 24.3 Å². The minimum atomic E-state index is -0.417. The van der Waals surface area contributed by atoms with Gasteiger partial charge < -0.3 is 13.7 Å². The average Bonchev–Trinajstić information content (AvgIpc) is 3.23. The van der Waals surface area contributed by atoms with E-state index < -0.39 is 5.91 Å². The Labute approximate surface area is 172 Å². The number of hydrogen-bond donors (Lipinski definition) is 1. The van der Waals surface area contributed by atoms with Gasteiger partial charge in [0.05, 0.1) is 9.78 Å². The molecule has 0 aliphatic heterocycles. The van der Waals surface area contributed by atoms with Gasteiger partial charge in [-0.05, 0) is 60.7 Å². The summed E-state index contributed by atoms with van der Waals surface area (Å²) in [5, 5.41) is 4.80. The Morgan fingerprint density at radius 3 is 2.77 bits per heavy atom. The largest absolute Gasteiger partial charge is 0.450 e. The highest BCUT2D eigenvalue weighted by atomic mass is 127. The summed E-state index contributed by atoms with van der Waals surface area (Å²) < 4.78 is 13.2. The minimum Gasteiger partial charge on any atom is -0.450 e. The average molecular weight is 530 g/mol. The normalized spacial score (nSPS) is 11.4. The quantitative estimate of drug-likeness (QED) is 0.277. The van der Waals surface area contributed by atoms with Crippen molar-refractivity contribution in [1.82, 2.24) is 5.43 Å². The molecular formula is C18H17BrIN3O3. The van der Waals surface area contributed by atoms with Crippen molar-refractivity contribution in [3.63, 3.8) is 0 Å². The molecule has 0 saturated heterocycles. The molecule has 0 radical (unpaired) electrons. The number of benzene rings is 1. The molecule has 0 bridgehead atoms. The summed E-state index contributed by atoms with van der Waals surface area (Å²) in [6.45, 7) is 5.84. The zero-order valence-corrected chi connectivity index (χ0v) is 18.0. The van der Waals surface area contributed by atoms with Crippen LogP contribution in [0.15, 0.2) is 48.7 Å². The molecule has 3 rings (SSSR count). The highest BCUT2D eigenvalue weighted by molar-refractivity contribution is 14.1. The van der Waals surface area contributed by atoms with Gasteiger partial charge in [0.2, 0.25) is 0 Å². The molecule has 0 saturated carbocycles. The van der Waals surface area contributed by atoms with E-state index in [1.54, 1.807) is 6.07 Å². The van der Waals surface area contributed by atoms with Crippen molar-refractivity contribution < 1.29 is 13.6 Å². The number of hydrazone groups is 1. The van der Waals surface area contributed by atoms with Crippen molar-refractivity contribution in [3.05, 3.63) is 49.9 Å². The van der Waals surface area contributed by atoms with Crippen LogP contribution < -0.4 is 10.3 Å². The highest BCUT2D eigenvalue weighted by Gasteiger charge is 2.14. The molecule has 136 valence electrons. The molecular weight excluding hydrogens is 513 g/mol. The summed E-state index contributed by atoms with van der Waals surface area (Å²) >= 11 is 5.60. The van der Waals surface area contributed by atoms with E-state index in [9.17, 15) is 4.79 Å². The minimum absolute atomic E-state index is 0.205. The number of hydrogen-bond acceptors (Lipinski definition) is 5. The third kappa shape index (κ3) is 4.12. The van der Waals surface area contributed by atoms with Gasteiger partial charge in [-0.1, -0.05) is 15.9 Å². The van der Waals surface area contributed by atoms with Crippen molar-refractivity contribution in [2.75, 3.05) is 18.0 Å². The molecule has 0 aliphatic rings. The first-order valence-corrected chi connectivity index (χ1v) is 9.95. The van der Waals surface area contributed by atoms with Crippen molar-refractivity contribution >= 4 is 67.5 Å². The number of amides is 1. The summed E-state index contributed by atoms with van der Waals surface area (Å²) in [7, 11) is 0. The zero-order chi connectivity index (χ0) is 18.7. The number of furan rings is 2. The number of carbonyl (C=O) groups is 1. The molecule has 0 aliphatic carbocycles. The molecule has 3 aromatic rings. The van der Waals surface area contributed by atoms with Crippen LogP contribution in [0.25, 0.3) is 11.0 Å². The molecule has 0 spiro atoms. The molecule has 0 atom stereocenters. The second kappa shape index (κ2) is 8.26. The number of anilines is 1. The van der Waals surface area contributed by atoms with Crippen LogP contribution in [0.2, 0.25) is 0 Å². The Morgan fingerprint density at radius 2 is 2.04 bits per heavy atom. The summed E-state index contributed by atoms with van der Waals surface area (Å²) in [5.41, 5.74) is 3.14. The Morgan fingerprint density at radius 1 is 1.27 bits per heavy atom. The first-order chi connectivity index (χ1) is 12.5. The second-order valence-corrected chi connectivity index (χ2v) is 7.54. The van der Waals surface area contributed by atoms with Gasteiger partial charge in [0.25, 0.3) is 0 Å². The van der Waals surface area contributed by atoms with E-state index in [4.69, 9.17) is 8.83 Å². The number of nitrogens with one attached hydrogen (secondary N) is 1. The van der Waals surface area contributed by atoms with Crippen molar-refractivity contribution in [3.8, 4) is 0 Å². The summed E-state index contributed by atoms with van der Waals surface area (Å²) in [6, 6.07) is 9.22. The molecule has 6 nitrogen and oxygen atoms in total. The number of halogens is 2. The van der Waals surface area contributed by atoms with Gasteiger partial charge in [0.15, 0.2) is 11.6 Å². The molecule has 1 aromatic carbocycles. The maximum Gasteiger partial charge on any atom is 0.307 e. The van der Waals surface area contributed by atoms with E-state index >= 15 is 0 Å². The molecule has 0 fully saturated rings. The van der Waals surface area contributed by atoms with Crippen LogP contribution in [-0.2, 0) is 0 Å². The third-order valence-electron chi connectivity index (χ3n) is 3.81. The third-order valence-corrected chi connectivity index (χ3v) is 5.06. The fourth-order valence-electron chi connectivity index (χ4n) is 2.51. The number of fused-ring (bicyclic) bond motifs is 1. The lowest BCUT2D eigenvalue weighted by Crippen LogP contribution is -2.20. The van der Waals surface area contributed by atoms with Crippen molar-refractivity contribution in [2.24, 2.45) is 5.10 Å². The monoisotopic (exact) mass is 529 g/mol. The lowest BCUT2D eigenvalue weighted by atomic mass is 10.2. The van der Waals surface area contributed by atoms with Crippen LogP contribution in [0.4, 0.5) is 5.88 Å². The molecule has 0 unspecified atom stereocenters. The maximum atomic E-state index is 12.2. The maximum absolute atomic E-state index is 12.2. The van der Waals surface area contributed by atoms with Crippen LogP contribution in [0.5, 0.6) is 0 Å². The highest BCUT2D eigenvalue weighted by Crippen LogP contribution is 2.28. The van der Waals surface area contributed by atoms with Crippen molar-refractivity contribution in [2.45, 2.75) is 13.8 Å². The van der Waals surface area contributed by atoms with Gasteiger partial charge in [-0.2, -0.15) is 5.10 Å². The summed E-state index contributed by atoms with van der Waals surface area (Å²) in [5.74, 6) is 1.13.